The first-order valence-corrected chi connectivity index (χ1v) is 10.2. The summed E-state index contributed by atoms with van der Waals surface area (Å²) in [5.41, 5.74) is 11.6. The van der Waals surface area contributed by atoms with Crippen LogP contribution in [0.15, 0.2) is 42.6 Å². The number of nitrogens with two attached hydrogens (primary N) is 1. The highest BCUT2D eigenvalue weighted by atomic mass is 16.2. The van der Waals surface area contributed by atoms with Crippen LogP contribution in [0.25, 0.3) is 11.3 Å². The largest absolute Gasteiger partial charge is 0.364 e. The fourth-order valence-corrected chi connectivity index (χ4v) is 3.80. The Hall–Kier alpha value is -3.72. The number of rotatable bonds is 6. The second-order valence-electron chi connectivity index (χ2n) is 7.49. The second-order valence-corrected chi connectivity index (χ2v) is 7.49. The van der Waals surface area contributed by atoms with Gasteiger partial charge >= 0.3 is 0 Å². The predicted octanol–water partition coefficient (Wildman–Crippen LogP) is 2.20. The summed E-state index contributed by atoms with van der Waals surface area (Å²) < 4.78 is 1.64. The fraction of sp³-hybridized carbons (Fsp3) is 0.273. The Balaban J connectivity index is 1.64. The summed E-state index contributed by atoms with van der Waals surface area (Å²) in [7, 11) is 1.73. The molecule has 5 N–H and O–H groups in total. The third-order valence-corrected chi connectivity index (χ3v) is 5.31. The van der Waals surface area contributed by atoms with Gasteiger partial charge in [0.2, 0.25) is 0 Å². The van der Waals surface area contributed by atoms with Crippen molar-refractivity contribution < 1.29 is 9.59 Å². The van der Waals surface area contributed by atoms with Crippen LogP contribution in [0.3, 0.4) is 0 Å². The molecule has 0 bridgehead atoms. The topological polar surface area (TPSA) is 127 Å². The van der Waals surface area contributed by atoms with Crippen molar-refractivity contribution in [3.8, 4) is 11.3 Å². The number of hydrogen-bond donors (Lipinski definition) is 4. The van der Waals surface area contributed by atoms with Crippen molar-refractivity contribution in [3.05, 3.63) is 65.2 Å². The van der Waals surface area contributed by atoms with E-state index in [1.165, 1.54) is 0 Å². The van der Waals surface area contributed by atoms with Gasteiger partial charge in [0, 0.05) is 24.4 Å². The minimum atomic E-state index is -0.576. The van der Waals surface area contributed by atoms with Gasteiger partial charge in [-0.3, -0.25) is 9.59 Å². The third-order valence-electron chi connectivity index (χ3n) is 5.31. The molecule has 160 valence electrons. The fourth-order valence-electron chi connectivity index (χ4n) is 3.80. The molecule has 1 aromatic carbocycles. The first-order valence-electron chi connectivity index (χ1n) is 10.2. The minimum Gasteiger partial charge on any atom is -0.364 e. The number of benzene rings is 1. The average Bonchev–Trinajstić information content (AvgIpc) is 3.41. The van der Waals surface area contributed by atoms with E-state index in [2.05, 4.69) is 21.0 Å². The highest BCUT2D eigenvalue weighted by Crippen LogP contribution is 2.29. The van der Waals surface area contributed by atoms with E-state index in [-0.39, 0.29) is 17.6 Å². The van der Waals surface area contributed by atoms with Gasteiger partial charge in [0.1, 0.15) is 17.3 Å². The van der Waals surface area contributed by atoms with Crippen molar-refractivity contribution in [2.45, 2.75) is 25.8 Å². The van der Waals surface area contributed by atoms with Crippen LogP contribution in [0, 0.1) is 6.92 Å². The van der Waals surface area contributed by atoms with Crippen LogP contribution in [0.4, 0.5) is 5.82 Å². The van der Waals surface area contributed by atoms with E-state index in [1.54, 1.807) is 48.3 Å². The Kier molecular flexibility index (Phi) is 5.68. The molecule has 0 saturated carbocycles. The standard InChI is InChI=1S/C22H25N7O2/c1-13-9-11-26-17(12-13)27-22(31)15-7-5-14(6-8-15)18-19(20(23)30)29(24-2)21(28-18)16-4-3-10-25-16/h5-9,11-12,16,24-25H,3-4,10H2,1-2H3,(H2,23,30)(H,26,27,31)/t16-/m0/s1. The number of imidazole rings is 1. The molecule has 1 fully saturated rings. The maximum Gasteiger partial charge on any atom is 0.269 e. The van der Waals surface area contributed by atoms with Crippen LogP contribution >= 0.6 is 0 Å². The average molecular weight is 419 g/mol. The molecule has 1 aliphatic rings. The van der Waals surface area contributed by atoms with Crippen molar-refractivity contribution in [1.82, 2.24) is 20.0 Å². The lowest BCUT2D eigenvalue weighted by Crippen LogP contribution is -2.26. The summed E-state index contributed by atoms with van der Waals surface area (Å²) in [4.78, 5) is 33.7. The maximum absolute atomic E-state index is 12.6. The van der Waals surface area contributed by atoms with Crippen molar-refractivity contribution in [3.63, 3.8) is 0 Å². The van der Waals surface area contributed by atoms with Crippen LogP contribution in [0.1, 0.15) is 51.1 Å². The quantitative estimate of drug-likeness (QED) is 0.485. The van der Waals surface area contributed by atoms with Crippen LogP contribution < -0.4 is 21.8 Å². The summed E-state index contributed by atoms with van der Waals surface area (Å²) in [6.07, 6.45) is 3.62. The zero-order valence-corrected chi connectivity index (χ0v) is 17.5. The highest BCUT2D eigenvalue weighted by molar-refractivity contribution is 6.04. The molecule has 4 rings (SSSR count). The number of carbonyl (C=O) groups is 2. The summed E-state index contributed by atoms with van der Waals surface area (Å²) in [5, 5.41) is 6.18. The molecular weight excluding hydrogens is 394 g/mol. The van der Waals surface area contributed by atoms with Crippen LogP contribution in [0.5, 0.6) is 0 Å². The lowest BCUT2D eigenvalue weighted by molar-refractivity contribution is 0.0991. The Morgan fingerprint density at radius 2 is 2.00 bits per heavy atom. The number of primary amides is 1. The molecule has 2 aromatic heterocycles. The van der Waals surface area contributed by atoms with Gasteiger partial charge in [-0.1, -0.05) is 12.1 Å². The smallest absolute Gasteiger partial charge is 0.269 e. The van der Waals surface area contributed by atoms with E-state index in [0.29, 0.717) is 22.6 Å². The Labute approximate surface area is 180 Å². The first kappa shape index (κ1) is 20.5. The van der Waals surface area contributed by atoms with Crippen LogP contribution in [0.2, 0.25) is 0 Å². The normalized spacial score (nSPS) is 15.6. The number of nitrogens with one attached hydrogen (secondary N) is 3. The van der Waals surface area contributed by atoms with Gasteiger partial charge < -0.3 is 21.8 Å². The van der Waals surface area contributed by atoms with Crippen molar-refractivity contribution in [2.24, 2.45) is 5.73 Å². The molecule has 0 unspecified atom stereocenters. The summed E-state index contributed by atoms with van der Waals surface area (Å²) in [6, 6.07) is 10.6. The predicted molar refractivity (Wildman–Crippen MR) is 118 cm³/mol. The number of pyridine rings is 1. The van der Waals surface area contributed by atoms with Gasteiger partial charge in [-0.15, -0.1) is 0 Å². The van der Waals surface area contributed by atoms with E-state index in [9.17, 15) is 9.59 Å². The van der Waals surface area contributed by atoms with Gasteiger partial charge in [0.25, 0.3) is 11.8 Å². The number of nitrogens with zero attached hydrogens (tertiary/aromatic N) is 3. The van der Waals surface area contributed by atoms with E-state index >= 15 is 0 Å². The minimum absolute atomic E-state index is 0.0474. The van der Waals surface area contributed by atoms with Gasteiger partial charge in [0.15, 0.2) is 5.69 Å². The molecule has 9 heteroatoms. The summed E-state index contributed by atoms with van der Waals surface area (Å²) in [6.45, 7) is 2.84. The van der Waals surface area contributed by atoms with Gasteiger partial charge in [-0.2, -0.15) is 0 Å². The van der Waals surface area contributed by atoms with Gasteiger partial charge in [-0.25, -0.2) is 14.6 Å². The Bertz CT molecular complexity index is 1120. The van der Waals surface area contributed by atoms with Crippen molar-refractivity contribution in [1.29, 1.82) is 0 Å². The lowest BCUT2D eigenvalue weighted by atomic mass is 10.1. The van der Waals surface area contributed by atoms with E-state index in [1.807, 2.05) is 13.0 Å². The number of carbonyl (C=O) groups excluding carboxylic acids is 2. The zero-order chi connectivity index (χ0) is 22.0. The Morgan fingerprint density at radius 3 is 2.61 bits per heavy atom. The summed E-state index contributed by atoms with van der Waals surface area (Å²) in [5.74, 6) is 0.368. The molecule has 3 heterocycles. The van der Waals surface area contributed by atoms with E-state index in [0.717, 1.165) is 30.8 Å². The molecule has 1 saturated heterocycles. The SMILES string of the molecule is CNn1c([C@@H]2CCCN2)nc(-c2ccc(C(=O)Nc3cc(C)ccn3)cc2)c1C(N)=O. The number of aromatic nitrogens is 3. The molecule has 0 spiro atoms. The maximum atomic E-state index is 12.6. The first-order chi connectivity index (χ1) is 15.0. The Morgan fingerprint density at radius 1 is 1.23 bits per heavy atom. The van der Waals surface area contributed by atoms with Gasteiger partial charge in [-0.05, 0) is 56.1 Å². The van der Waals surface area contributed by atoms with Crippen molar-refractivity contribution >= 4 is 17.6 Å². The molecule has 1 aliphatic heterocycles. The number of amides is 2. The number of aryl methyl sites for hydroxylation is 1. The molecular formula is C22H25N7O2. The molecule has 0 aliphatic carbocycles. The van der Waals surface area contributed by atoms with E-state index in [4.69, 9.17) is 10.7 Å². The monoisotopic (exact) mass is 419 g/mol. The summed E-state index contributed by atoms with van der Waals surface area (Å²) >= 11 is 0. The lowest BCUT2D eigenvalue weighted by Gasteiger charge is -2.13. The second kappa shape index (κ2) is 8.57. The number of anilines is 1. The molecule has 9 nitrogen and oxygen atoms in total. The molecule has 3 aromatic rings. The molecule has 2 amide bonds. The molecule has 1 atom stereocenters. The zero-order valence-electron chi connectivity index (χ0n) is 17.5. The van der Waals surface area contributed by atoms with Gasteiger partial charge in [0.05, 0.1) is 6.04 Å². The van der Waals surface area contributed by atoms with Crippen LogP contribution in [-0.4, -0.2) is 40.1 Å². The van der Waals surface area contributed by atoms with Crippen LogP contribution in [-0.2, 0) is 0 Å². The van der Waals surface area contributed by atoms with E-state index < -0.39 is 5.91 Å². The third kappa shape index (κ3) is 4.13. The molecule has 31 heavy (non-hydrogen) atoms. The highest BCUT2D eigenvalue weighted by Gasteiger charge is 2.28. The van der Waals surface area contributed by atoms with Crippen molar-refractivity contribution in [2.75, 3.05) is 24.3 Å². The molecule has 0 radical (unpaired) electrons. The number of hydrogen-bond acceptors (Lipinski definition) is 6.